The van der Waals surface area contributed by atoms with Crippen LogP contribution in [0.1, 0.15) is 87.5 Å². The van der Waals surface area contributed by atoms with Crippen LogP contribution in [0.2, 0.25) is 18.1 Å². The van der Waals surface area contributed by atoms with E-state index in [1.807, 2.05) is 31.7 Å². The van der Waals surface area contributed by atoms with Crippen LogP contribution in [0.3, 0.4) is 0 Å². The summed E-state index contributed by atoms with van der Waals surface area (Å²) in [5, 5.41) is 21.5. The molecule has 2 fully saturated rings. The molecular weight excluding hydrogens is 505 g/mol. The van der Waals surface area contributed by atoms with Crippen molar-refractivity contribution in [3.63, 3.8) is 0 Å². The van der Waals surface area contributed by atoms with Crippen molar-refractivity contribution in [2.45, 2.75) is 129 Å². The summed E-state index contributed by atoms with van der Waals surface area (Å²) >= 11 is 1.98. The van der Waals surface area contributed by atoms with E-state index in [2.05, 4.69) is 78.9 Å². The van der Waals surface area contributed by atoms with Gasteiger partial charge in [-0.1, -0.05) is 81.7 Å². The molecule has 0 aromatic heterocycles. The molecule has 0 bridgehead atoms. The van der Waals surface area contributed by atoms with Gasteiger partial charge < -0.3 is 14.6 Å². The minimum absolute atomic E-state index is 0.0365. The first kappa shape index (κ1) is 30.4. The second kappa shape index (κ2) is 10.3. The summed E-state index contributed by atoms with van der Waals surface area (Å²) in [6.07, 6.45) is 16.2. The lowest BCUT2D eigenvalue weighted by atomic mass is 9.49. The summed E-state index contributed by atoms with van der Waals surface area (Å²) in [7, 11) is -1.99. The van der Waals surface area contributed by atoms with Gasteiger partial charge in [-0.2, -0.15) is 11.8 Å². The number of rotatable bonds is 7. The second-order valence-corrected chi connectivity index (χ2v) is 21.2. The summed E-state index contributed by atoms with van der Waals surface area (Å²) in [5.74, 6) is 1.97. The minimum Gasteiger partial charge on any atom is -0.413 e. The Kier molecular flexibility index (Phi) is 8.27. The Labute approximate surface area is 238 Å². The Morgan fingerprint density at radius 2 is 1.84 bits per heavy atom. The van der Waals surface area contributed by atoms with Crippen molar-refractivity contribution >= 4 is 20.1 Å². The van der Waals surface area contributed by atoms with Gasteiger partial charge in [0.05, 0.1) is 17.8 Å². The van der Waals surface area contributed by atoms with E-state index in [9.17, 15) is 10.2 Å². The Hall–Kier alpha value is -0.593. The fourth-order valence-electron chi connectivity index (χ4n) is 7.60. The molecule has 0 saturated heterocycles. The number of aliphatic hydroxyl groups is 2. The Bertz CT molecular complexity index is 1030. The quantitative estimate of drug-likeness (QED) is 0.244. The normalized spacial score (nSPS) is 36.7. The van der Waals surface area contributed by atoms with Gasteiger partial charge in [-0.25, -0.2) is 0 Å². The highest BCUT2D eigenvalue weighted by atomic mass is 32.2. The molecule has 4 aliphatic carbocycles. The zero-order chi connectivity index (χ0) is 28.3. The molecule has 2 N–H and O–H groups in total. The van der Waals surface area contributed by atoms with Gasteiger partial charge in [-0.3, -0.25) is 0 Å². The smallest absolute Gasteiger partial charge is 0.192 e. The van der Waals surface area contributed by atoms with Crippen LogP contribution in [-0.2, 0) is 4.43 Å². The van der Waals surface area contributed by atoms with Gasteiger partial charge in [0.25, 0.3) is 0 Å². The van der Waals surface area contributed by atoms with E-state index in [0.29, 0.717) is 17.1 Å². The fraction of sp³-hybridized carbons (Fsp3) is 0.758. The molecule has 0 aromatic rings. The molecule has 0 amide bonds. The highest BCUT2D eigenvalue weighted by molar-refractivity contribution is 8.00. The Morgan fingerprint density at radius 1 is 1.16 bits per heavy atom. The first-order valence-electron chi connectivity index (χ1n) is 14.9. The molecule has 1 unspecified atom stereocenters. The highest BCUT2D eigenvalue weighted by Crippen LogP contribution is 2.65. The first-order valence-corrected chi connectivity index (χ1v) is 18.8. The van der Waals surface area contributed by atoms with Crippen LogP contribution in [0, 0.1) is 22.7 Å². The maximum Gasteiger partial charge on any atom is 0.192 e. The minimum atomic E-state index is -1.99. The average molecular weight is 559 g/mol. The van der Waals surface area contributed by atoms with Crippen molar-refractivity contribution in [2.75, 3.05) is 5.75 Å². The summed E-state index contributed by atoms with van der Waals surface area (Å²) in [6.45, 7) is 22.7. The van der Waals surface area contributed by atoms with Crippen LogP contribution in [0.4, 0.5) is 0 Å². The number of thioether (sulfide) groups is 1. The fourth-order valence-corrected chi connectivity index (χ4v) is 10.0. The summed E-state index contributed by atoms with van der Waals surface area (Å²) in [5.41, 5.74) is 4.09. The van der Waals surface area contributed by atoms with Gasteiger partial charge >= 0.3 is 0 Å². The topological polar surface area (TPSA) is 49.7 Å². The van der Waals surface area contributed by atoms with Crippen molar-refractivity contribution < 1.29 is 14.6 Å². The molecule has 0 heterocycles. The molecule has 4 rings (SSSR count). The standard InChI is InChI=1S/C33H54O3SSi/c1-22(37-19-11-17-31(5,6)35)26-14-15-27-25-13-12-23-20-24(34)21-29(36-38(9,10)30(2,3)4)33(23,8)28(25)16-18-32(26,27)7/h11-14,17,22,24,27-29,34-35H,15-16,18-21H2,1-10H3/b17-11+/t22?,24-,27+,28+,29+,32-,33+/m1/s1. The van der Waals surface area contributed by atoms with Crippen molar-refractivity contribution in [1.82, 2.24) is 0 Å². The number of fused-ring (bicyclic) bond motifs is 5. The number of allylic oxidation sites excluding steroid dienone is 4. The van der Waals surface area contributed by atoms with Crippen LogP contribution >= 0.6 is 11.8 Å². The average Bonchev–Trinajstić information content (AvgIpc) is 3.13. The van der Waals surface area contributed by atoms with Gasteiger partial charge in [-0.15, -0.1) is 0 Å². The third kappa shape index (κ3) is 5.49. The van der Waals surface area contributed by atoms with Crippen LogP contribution < -0.4 is 0 Å². The van der Waals surface area contributed by atoms with Crippen molar-refractivity contribution in [2.24, 2.45) is 22.7 Å². The lowest BCUT2D eigenvalue weighted by Crippen LogP contribution is -2.57. The van der Waals surface area contributed by atoms with Gasteiger partial charge in [0.2, 0.25) is 0 Å². The maximum absolute atomic E-state index is 10.9. The highest BCUT2D eigenvalue weighted by Gasteiger charge is 2.58. The number of hydrogen-bond donors (Lipinski definition) is 2. The van der Waals surface area contributed by atoms with Gasteiger partial charge in [0, 0.05) is 16.4 Å². The molecule has 0 aliphatic heterocycles. The van der Waals surface area contributed by atoms with E-state index < -0.39 is 13.9 Å². The SMILES string of the molecule is CC(SC/C=C/C(C)(C)O)C1=CC[C@H]2C3=CC=C4C[C@@H](O)C[C@H](O[Si](C)(C)C(C)(C)C)[C@]4(C)[C@H]3CC[C@]12C. The maximum atomic E-state index is 10.9. The monoisotopic (exact) mass is 558 g/mol. The zero-order valence-corrected chi connectivity index (χ0v) is 27.5. The Balaban J connectivity index is 1.57. The zero-order valence-electron chi connectivity index (χ0n) is 25.7. The van der Waals surface area contributed by atoms with E-state index in [1.165, 1.54) is 18.4 Å². The summed E-state index contributed by atoms with van der Waals surface area (Å²) < 4.78 is 7.18. The molecule has 7 atom stereocenters. The molecule has 0 radical (unpaired) electrons. The molecule has 214 valence electrons. The van der Waals surface area contributed by atoms with Crippen molar-refractivity contribution in [3.8, 4) is 0 Å². The molecule has 0 spiro atoms. The molecule has 0 aromatic carbocycles. The molecule has 5 heteroatoms. The van der Waals surface area contributed by atoms with Crippen LogP contribution in [0.5, 0.6) is 0 Å². The van der Waals surface area contributed by atoms with E-state index in [-0.39, 0.29) is 28.1 Å². The second-order valence-electron chi connectivity index (χ2n) is 15.1. The Morgan fingerprint density at radius 3 is 2.47 bits per heavy atom. The van der Waals surface area contributed by atoms with Crippen LogP contribution in [-0.4, -0.2) is 47.3 Å². The van der Waals surface area contributed by atoms with Crippen molar-refractivity contribution in [3.05, 3.63) is 47.1 Å². The summed E-state index contributed by atoms with van der Waals surface area (Å²) in [4.78, 5) is 0. The molecule has 3 nitrogen and oxygen atoms in total. The molecular formula is C33H54O3SSi. The third-order valence-corrected chi connectivity index (χ3v) is 16.5. The van der Waals surface area contributed by atoms with Crippen LogP contribution in [0.15, 0.2) is 47.1 Å². The largest absolute Gasteiger partial charge is 0.413 e. The lowest BCUT2D eigenvalue weighted by Gasteiger charge is -2.58. The van der Waals surface area contributed by atoms with E-state index in [1.54, 1.807) is 11.1 Å². The predicted molar refractivity (Wildman–Crippen MR) is 166 cm³/mol. The molecule has 38 heavy (non-hydrogen) atoms. The number of aliphatic hydroxyl groups excluding tert-OH is 1. The first-order chi connectivity index (χ1) is 17.4. The van der Waals surface area contributed by atoms with Gasteiger partial charge in [-0.05, 0) is 88.3 Å². The number of hydrogen-bond acceptors (Lipinski definition) is 4. The summed E-state index contributed by atoms with van der Waals surface area (Å²) in [6, 6.07) is 0. The van der Waals surface area contributed by atoms with E-state index >= 15 is 0 Å². The van der Waals surface area contributed by atoms with Gasteiger partial charge in [0.1, 0.15) is 0 Å². The third-order valence-electron chi connectivity index (χ3n) is 10.9. The molecule has 2 saturated carbocycles. The van der Waals surface area contributed by atoms with Gasteiger partial charge in [0.15, 0.2) is 8.32 Å². The molecule has 4 aliphatic rings. The predicted octanol–water partition coefficient (Wildman–Crippen LogP) is 8.22. The van der Waals surface area contributed by atoms with E-state index in [4.69, 9.17) is 4.43 Å². The van der Waals surface area contributed by atoms with Crippen LogP contribution in [0.25, 0.3) is 0 Å². The lowest BCUT2D eigenvalue weighted by molar-refractivity contribution is -0.0417. The van der Waals surface area contributed by atoms with Crippen molar-refractivity contribution in [1.29, 1.82) is 0 Å². The van der Waals surface area contributed by atoms with E-state index in [0.717, 1.165) is 25.0 Å².